The van der Waals surface area contributed by atoms with Gasteiger partial charge in [-0.1, -0.05) is 18.2 Å². The quantitative estimate of drug-likeness (QED) is 0.629. The van der Waals surface area contributed by atoms with Crippen LogP contribution in [0, 0.1) is 5.92 Å². The molecule has 1 saturated carbocycles. The summed E-state index contributed by atoms with van der Waals surface area (Å²) in [4.78, 5) is 7.94. The highest BCUT2D eigenvalue weighted by molar-refractivity contribution is 6.34. The number of rotatable bonds is 4. The first kappa shape index (κ1) is 15.4. The van der Waals surface area contributed by atoms with Crippen molar-refractivity contribution in [3.8, 4) is 0 Å². The summed E-state index contributed by atoms with van der Waals surface area (Å²) in [7, 11) is 1.64. The molecule has 0 radical (unpaired) electrons. The first-order valence-electron chi connectivity index (χ1n) is 7.00. The number of aromatic nitrogens is 3. The highest BCUT2D eigenvalue weighted by atomic mass is 35.5. The molecule has 4 nitrogen and oxygen atoms in total. The number of hydrogen-bond donors (Lipinski definition) is 0. The van der Waals surface area contributed by atoms with Gasteiger partial charge in [-0.2, -0.15) is 0 Å². The lowest BCUT2D eigenvalue weighted by Crippen LogP contribution is -2.22. The smallest absolute Gasteiger partial charge is 0.266 e. The van der Waals surface area contributed by atoms with Crippen molar-refractivity contribution in [3.63, 3.8) is 0 Å². The summed E-state index contributed by atoms with van der Waals surface area (Å²) in [5.74, 6) is 0.187. The van der Waals surface area contributed by atoms with Crippen LogP contribution in [0.4, 0.5) is 8.78 Å². The Morgan fingerprint density at radius 3 is 2.95 bits per heavy atom. The van der Waals surface area contributed by atoms with Crippen LogP contribution in [0.2, 0.25) is 5.15 Å². The zero-order chi connectivity index (χ0) is 15.9. The van der Waals surface area contributed by atoms with Gasteiger partial charge in [0.15, 0.2) is 0 Å². The molecule has 0 amide bonds. The monoisotopic (exact) mass is 327 g/mol. The second-order valence-corrected chi connectivity index (χ2v) is 5.87. The van der Waals surface area contributed by atoms with E-state index in [1.807, 2.05) is 0 Å². The molecule has 2 aromatic rings. The predicted molar refractivity (Wildman–Crippen MR) is 80.2 cm³/mol. The van der Waals surface area contributed by atoms with E-state index in [2.05, 4.69) is 16.5 Å². The Labute approximate surface area is 131 Å². The van der Waals surface area contributed by atoms with Gasteiger partial charge < -0.3 is 9.30 Å². The molecule has 0 spiro atoms. The van der Waals surface area contributed by atoms with Crippen LogP contribution in [0.1, 0.15) is 24.8 Å². The van der Waals surface area contributed by atoms with Gasteiger partial charge in [0.25, 0.3) is 6.43 Å². The van der Waals surface area contributed by atoms with Crippen LogP contribution < -0.4 is 0 Å². The lowest BCUT2D eigenvalue weighted by molar-refractivity contribution is 0.0898. The Morgan fingerprint density at radius 1 is 1.50 bits per heavy atom. The van der Waals surface area contributed by atoms with Crippen LogP contribution in [0.5, 0.6) is 0 Å². The third kappa shape index (κ3) is 2.50. The summed E-state index contributed by atoms with van der Waals surface area (Å²) in [5.41, 5.74) is 1.35. The Bertz CT molecular complexity index is 716. The van der Waals surface area contributed by atoms with Gasteiger partial charge in [0, 0.05) is 31.3 Å². The van der Waals surface area contributed by atoms with Crippen molar-refractivity contribution in [2.24, 2.45) is 5.92 Å². The molecule has 118 valence electrons. The maximum absolute atomic E-state index is 13.2. The van der Waals surface area contributed by atoms with Gasteiger partial charge in [-0.15, -0.1) is 0 Å². The molecule has 0 saturated heterocycles. The summed E-state index contributed by atoms with van der Waals surface area (Å²) >= 11 is 5.98. The molecule has 0 aromatic carbocycles. The van der Waals surface area contributed by atoms with Gasteiger partial charge in [0.1, 0.15) is 17.1 Å². The molecule has 1 aliphatic rings. The summed E-state index contributed by atoms with van der Waals surface area (Å²) in [6.45, 7) is 4.54. The number of hydrogen-bond acceptors (Lipinski definition) is 3. The van der Waals surface area contributed by atoms with E-state index < -0.39 is 6.43 Å². The number of ether oxygens (including phenoxy) is 1. The number of nitrogens with zero attached hydrogens (tertiary/aromatic N) is 3. The summed E-state index contributed by atoms with van der Waals surface area (Å²) < 4.78 is 33.7. The Balaban J connectivity index is 2.01. The second-order valence-electron chi connectivity index (χ2n) is 5.51. The molecular weight excluding hydrogens is 312 g/mol. The van der Waals surface area contributed by atoms with Crippen LogP contribution >= 0.6 is 11.6 Å². The molecule has 7 heteroatoms. The molecule has 0 bridgehead atoms. The third-order valence-corrected chi connectivity index (χ3v) is 4.51. The molecule has 2 atom stereocenters. The molecule has 3 rings (SSSR count). The first-order valence-corrected chi connectivity index (χ1v) is 7.38. The topological polar surface area (TPSA) is 39.9 Å². The predicted octanol–water partition coefficient (Wildman–Crippen LogP) is 4.00. The van der Waals surface area contributed by atoms with Crippen molar-refractivity contribution in [1.82, 2.24) is 14.5 Å². The fourth-order valence-electron chi connectivity index (χ4n) is 3.22. The third-order valence-electron chi connectivity index (χ3n) is 4.22. The van der Waals surface area contributed by atoms with E-state index in [9.17, 15) is 8.78 Å². The van der Waals surface area contributed by atoms with Crippen LogP contribution in [0.3, 0.4) is 0 Å². The SMILES string of the molecule is C=C1CCC(Cn2cc(C(F)F)c3c(Cl)ncnc32)C1OC. The lowest BCUT2D eigenvalue weighted by Gasteiger charge is -2.19. The Hall–Kier alpha value is -1.53. The van der Waals surface area contributed by atoms with Gasteiger partial charge in [-0.25, -0.2) is 18.7 Å². The Morgan fingerprint density at radius 2 is 2.27 bits per heavy atom. The van der Waals surface area contributed by atoms with Gasteiger partial charge in [0.2, 0.25) is 0 Å². The fraction of sp³-hybridized carbons (Fsp3) is 0.467. The highest BCUT2D eigenvalue weighted by Gasteiger charge is 2.31. The van der Waals surface area contributed by atoms with E-state index in [1.165, 1.54) is 12.5 Å². The zero-order valence-electron chi connectivity index (χ0n) is 12.1. The average molecular weight is 328 g/mol. The van der Waals surface area contributed by atoms with Crippen molar-refractivity contribution in [2.45, 2.75) is 31.9 Å². The van der Waals surface area contributed by atoms with E-state index in [4.69, 9.17) is 16.3 Å². The number of halogens is 3. The highest BCUT2D eigenvalue weighted by Crippen LogP contribution is 2.36. The molecule has 1 fully saturated rings. The second kappa shape index (κ2) is 5.93. The fourth-order valence-corrected chi connectivity index (χ4v) is 3.45. The van der Waals surface area contributed by atoms with Crippen LogP contribution in [-0.4, -0.2) is 27.7 Å². The van der Waals surface area contributed by atoms with Crippen molar-refractivity contribution >= 4 is 22.6 Å². The molecular formula is C15H16ClF2N3O. The van der Waals surface area contributed by atoms with Crippen molar-refractivity contribution in [1.29, 1.82) is 0 Å². The molecule has 2 aromatic heterocycles. The summed E-state index contributed by atoms with van der Waals surface area (Å²) in [6, 6.07) is 0. The maximum Gasteiger partial charge on any atom is 0.266 e. The molecule has 0 aliphatic heterocycles. The summed E-state index contributed by atoms with van der Waals surface area (Å²) in [6.07, 6.45) is 1.84. The van der Waals surface area contributed by atoms with E-state index in [-0.39, 0.29) is 28.1 Å². The van der Waals surface area contributed by atoms with Gasteiger partial charge in [0.05, 0.1) is 11.5 Å². The van der Waals surface area contributed by atoms with Crippen LogP contribution in [-0.2, 0) is 11.3 Å². The minimum absolute atomic E-state index is 0.0511. The largest absolute Gasteiger partial charge is 0.377 e. The zero-order valence-corrected chi connectivity index (χ0v) is 12.9. The number of fused-ring (bicyclic) bond motifs is 1. The van der Waals surface area contributed by atoms with Crippen LogP contribution in [0.15, 0.2) is 24.7 Å². The van der Waals surface area contributed by atoms with Gasteiger partial charge in [-0.3, -0.25) is 0 Å². The molecule has 2 unspecified atom stereocenters. The standard InChI is InChI=1S/C15H16ClF2N3O/c1-8-3-4-9(12(8)22-2)5-21-6-10(14(17)18)11-13(16)19-7-20-15(11)21/h6-7,9,12,14H,1,3-5H2,2H3. The minimum atomic E-state index is -2.62. The van der Waals surface area contributed by atoms with E-state index >= 15 is 0 Å². The van der Waals surface area contributed by atoms with Crippen molar-refractivity contribution in [2.75, 3.05) is 7.11 Å². The average Bonchev–Trinajstić information content (AvgIpc) is 3.02. The number of alkyl halides is 2. The van der Waals surface area contributed by atoms with Crippen molar-refractivity contribution < 1.29 is 13.5 Å². The van der Waals surface area contributed by atoms with Crippen LogP contribution in [0.25, 0.3) is 11.0 Å². The maximum atomic E-state index is 13.2. The summed E-state index contributed by atoms with van der Waals surface area (Å²) in [5, 5.41) is 0.281. The molecule has 2 heterocycles. The van der Waals surface area contributed by atoms with E-state index in [1.54, 1.807) is 11.7 Å². The molecule has 22 heavy (non-hydrogen) atoms. The number of methoxy groups -OCH3 is 1. The van der Waals surface area contributed by atoms with Gasteiger partial charge >= 0.3 is 0 Å². The lowest BCUT2D eigenvalue weighted by atomic mass is 10.1. The van der Waals surface area contributed by atoms with Crippen molar-refractivity contribution in [3.05, 3.63) is 35.4 Å². The molecule has 1 aliphatic carbocycles. The first-order chi connectivity index (χ1) is 10.5. The van der Waals surface area contributed by atoms with Gasteiger partial charge in [-0.05, 0) is 18.4 Å². The minimum Gasteiger partial charge on any atom is -0.377 e. The van der Waals surface area contributed by atoms with E-state index in [0.717, 1.165) is 18.4 Å². The molecule has 0 N–H and O–H groups in total. The normalized spacial score (nSPS) is 22.1. The Kier molecular flexibility index (Phi) is 4.14. The van der Waals surface area contributed by atoms with E-state index in [0.29, 0.717) is 12.2 Å².